The van der Waals surface area contributed by atoms with E-state index in [1.54, 1.807) is 0 Å². The van der Waals surface area contributed by atoms with Crippen molar-refractivity contribution in [2.45, 2.75) is 57.6 Å². The summed E-state index contributed by atoms with van der Waals surface area (Å²) < 4.78 is 12.8. The van der Waals surface area contributed by atoms with E-state index in [4.69, 9.17) is 15.2 Å². The highest BCUT2D eigenvalue weighted by molar-refractivity contribution is 5.70. The highest BCUT2D eigenvalue weighted by atomic mass is 16.6. The minimum absolute atomic E-state index is 0.0177. The molecule has 3 atom stereocenters. The molecule has 10 heteroatoms. The second-order valence-corrected chi connectivity index (χ2v) is 6.81. The van der Waals surface area contributed by atoms with Crippen molar-refractivity contribution in [3.05, 3.63) is 20.8 Å². The molecule has 0 radical (unpaired) electrons. The summed E-state index contributed by atoms with van der Waals surface area (Å²) in [7, 11) is 0. The predicted octanol–water partition coefficient (Wildman–Crippen LogP) is -0.151. The van der Waals surface area contributed by atoms with Crippen molar-refractivity contribution in [3.63, 3.8) is 0 Å². The summed E-state index contributed by atoms with van der Waals surface area (Å²) >= 11 is 0. The molecule has 3 heterocycles. The van der Waals surface area contributed by atoms with Crippen LogP contribution in [0.5, 0.6) is 0 Å². The largest absolute Gasteiger partial charge is 0.390 e. The van der Waals surface area contributed by atoms with E-state index in [9.17, 15) is 14.7 Å². The Labute approximate surface area is 143 Å². The molecule has 2 aromatic rings. The minimum atomic E-state index is -0.797. The smallest absolute Gasteiger partial charge is 0.329 e. The van der Waals surface area contributed by atoms with Crippen LogP contribution in [-0.2, 0) is 9.47 Å². The molecule has 0 aromatic carbocycles. The van der Waals surface area contributed by atoms with Crippen LogP contribution in [-0.4, -0.2) is 49.0 Å². The summed E-state index contributed by atoms with van der Waals surface area (Å²) in [6.07, 6.45) is -1.14. The number of ether oxygens (including phenoxy) is 2. The zero-order valence-corrected chi connectivity index (χ0v) is 14.4. The molecule has 25 heavy (non-hydrogen) atoms. The van der Waals surface area contributed by atoms with Crippen LogP contribution in [0.15, 0.2) is 9.59 Å². The molecule has 0 bridgehead atoms. The lowest BCUT2D eigenvalue weighted by molar-refractivity contribution is -0.105. The van der Waals surface area contributed by atoms with Gasteiger partial charge in [0.2, 0.25) is 5.95 Å². The molecular weight excluding hydrogens is 330 g/mol. The van der Waals surface area contributed by atoms with Crippen molar-refractivity contribution in [2.24, 2.45) is 0 Å². The number of aromatic amines is 2. The number of nitrogens with one attached hydrogen (secondary N) is 2. The lowest BCUT2D eigenvalue weighted by atomic mass is 10.1. The van der Waals surface area contributed by atoms with Gasteiger partial charge in [-0.15, -0.1) is 0 Å². The van der Waals surface area contributed by atoms with Crippen molar-refractivity contribution in [2.75, 3.05) is 12.3 Å². The number of fused-ring (bicyclic) bond motifs is 1. The number of imidazole rings is 1. The topological polar surface area (TPSA) is 148 Å². The molecule has 5 N–H and O–H groups in total. The molecule has 0 aliphatic carbocycles. The molecule has 10 nitrogen and oxygen atoms in total. The number of anilines is 1. The maximum atomic E-state index is 12.2. The molecule has 3 rings (SSSR count). The van der Waals surface area contributed by atoms with Crippen LogP contribution in [0.4, 0.5) is 5.95 Å². The maximum Gasteiger partial charge on any atom is 0.329 e. The molecule has 2 aromatic heterocycles. The van der Waals surface area contributed by atoms with Gasteiger partial charge in [-0.1, -0.05) is 6.92 Å². The third-order valence-electron chi connectivity index (χ3n) is 4.58. The standard InChI is InChI=1S/C15H23N5O5/c1-4-15(2,3)24-6-8-7(21)5-9(25-8)20-11-10(17-14(20)23)12(22)19-13(16)18-11/h7-9,21H,4-6H2,1-3H3,(H,17,23)(H3,16,18,19,22)/t7?,8-,9-/m1/s1. The van der Waals surface area contributed by atoms with Gasteiger partial charge in [0.15, 0.2) is 11.2 Å². The van der Waals surface area contributed by atoms with E-state index in [1.165, 1.54) is 4.57 Å². The molecule has 0 saturated carbocycles. The zero-order valence-electron chi connectivity index (χ0n) is 14.4. The van der Waals surface area contributed by atoms with Crippen LogP contribution in [0.1, 0.15) is 39.8 Å². The van der Waals surface area contributed by atoms with E-state index in [2.05, 4.69) is 15.0 Å². The SMILES string of the molecule is CCC(C)(C)OC[C@H]1O[C@@H](n2c(=O)[nH]c3c(=O)[nH]c(N)nc32)CC1O. The van der Waals surface area contributed by atoms with Crippen molar-refractivity contribution in [1.29, 1.82) is 0 Å². The summed E-state index contributed by atoms with van der Waals surface area (Å²) in [6, 6.07) is 0. The molecular formula is C15H23N5O5. The Balaban J connectivity index is 1.87. The first-order valence-electron chi connectivity index (χ1n) is 8.19. The number of aliphatic hydroxyl groups excluding tert-OH is 1. The van der Waals surface area contributed by atoms with E-state index in [0.717, 1.165) is 6.42 Å². The fraction of sp³-hybridized carbons (Fsp3) is 0.667. The van der Waals surface area contributed by atoms with Gasteiger partial charge in [0.05, 0.1) is 18.3 Å². The first-order valence-corrected chi connectivity index (χ1v) is 8.19. The second-order valence-electron chi connectivity index (χ2n) is 6.81. The lowest BCUT2D eigenvalue weighted by Gasteiger charge is -2.26. The van der Waals surface area contributed by atoms with Crippen LogP contribution < -0.4 is 17.0 Å². The average molecular weight is 353 g/mol. The van der Waals surface area contributed by atoms with E-state index < -0.39 is 29.7 Å². The number of nitrogens with two attached hydrogens (primary N) is 1. The summed E-state index contributed by atoms with van der Waals surface area (Å²) in [5, 5.41) is 10.3. The molecule has 1 aliphatic heterocycles. The monoisotopic (exact) mass is 353 g/mol. The lowest BCUT2D eigenvalue weighted by Crippen LogP contribution is -2.33. The number of aromatic nitrogens is 4. The van der Waals surface area contributed by atoms with Gasteiger partial charge < -0.3 is 20.3 Å². The third-order valence-corrected chi connectivity index (χ3v) is 4.58. The number of nitrogens with zero attached hydrogens (tertiary/aromatic N) is 2. The number of H-pyrrole nitrogens is 2. The summed E-state index contributed by atoms with van der Waals surface area (Å²) in [6.45, 7) is 6.11. The summed E-state index contributed by atoms with van der Waals surface area (Å²) in [5.74, 6) is -0.103. The van der Waals surface area contributed by atoms with Crippen molar-refractivity contribution in [1.82, 2.24) is 19.5 Å². The first-order chi connectivity index (χ1) is 11.7. The van der Waals surface area contributed by atoms with E-state index in [-0.39, 0.29) is 35.7 Å². The fourth-order valence-corrected chi connectivity index (χ4v) is 2.73. The second kappa shape index (κ2) is 6.28. The van der Waals surface area contributed by atoms with Crippen LogP contribution >= 0.6 is 0 Å². The van der Waals surface area contributed by atoms with Gasteiger partial charge >= 0.3 is 5.69 Å². The molecule has 1 unspecified atom stereocenters. The van der Waals surface area contributed by atoms with Crippen molar-refractivity contribution < 1.29 is 14.6 Å². The molecule has 0 spiro atoms. The number of rotatable bonds is 5. The Morgan fingerprint density at radius 2 is 2.16 bits per heavy atom. The Kier molecular flexibility index (Phi) is 4.43. The van der Waals surface area contributed by atoms with E-state index >= 15 is 0 Å². The van der Waals surface area contributed by atoms with E-state index in [0.29, 0.717) is 0 Å². The van der Waals surface area contributed by atoms with E-state index in [1.807, 2.05) is 20.8 Å². The van der Waals surface area contributed by atoms with Gasteiger partial charge in [0.1, 0.15) is 12.3 Å². The molecule has 1 saturated heterocycles. The van der Waals surface area contributed by atoms with Crippen LogP contribution in [0.3, 0.4) is 0 Å². The van der Waals surface area contributed by atoms with Gasteiger partial charge in [0.25, 0.3) is 5.56 Å². The predicted molar refractivity (Wildman–Crippen MR) is 90.2 cm³/mol. The molecule has 1 aliphatic rings. The highest BCUT2D eigenvalue weighted by Crippen LogP contribution is 2.30. The molecule has 138 valence electrons. The molecule has 0 amide bonds. The third kappa shape index (κ3) is 3.32. The Morgan fingerprint density at radius 3 is 2.84 bits per heavy atom. The molecule has 1 fully saturated rings. The average Bonchev–Trinajstić information content (AvgIpc) is 3.05. The van der Waals surface area contributed by atoms with Gasteiger partial charge in [-0.05, 0) is 20.3 Å². The Morgan fingerprint density at radius 1 is 1.44 bits per heavy atom. The Hall–Kier alpha value is -2.17. The number of hydrogen-bond donors (Lipinski definition) is 4. The quantitative estimate of drug-likeness (QED) is 0.584. The maximum absolute atomic E-state index is 12.2. The first kappa shape index (κ1) is 17.6. The number of nitrogen functional groups attached to an aromatic ring is 1. The highest BCUT2D eigenvalue weighted by Gasteiger charge is 2.38. The zero-order chi connectivity index (χ0) is 18.4. The normalized spacial score (nSPS) is 24.2. The Bertz CT molecular complexity index is 883. The van der Waals surface area contributed by atoms with Gasteiger partial charge in [-0.2, -0.15) is 4.98 Å². The summed E-state index contributed by atoms with van der Waals surface area (Å²) in [5.41, 5.74) is 4.25. The fourth-order valence-electron chi connectivity index (χ4n) is 2.73. The van der Waals surface area contributed by atoms with Crippen molar-refractivity contribution >= 4 is 17.1 Å². The van der Waals surface area contributed by atoms with Crippen LogP contribution in [0.2, 0.25) is 0 Å². The van der Waals surface area contributed by atoms with Gasteiger partial charge in [-0.25, -0.2) is 9.36 Å². The number of hydrogen-bond acceptors (Lipinski definition) is 7. The van der Waals surface area contributed by atoms with Crippen molar-refractivity contribution in [3.8, 4) is 0 Å². The summed E-state index contributed by atoms with van der Waals surface area (Å²) in [4.78, 5) is 32.9. The minimum Gasteiger partial charge on any atom is -0.390 e. The van der Waals surface area contributed by atoms with Gasteiger partial charge in [0, 0.05) is 6.42 Å². The van der Waals surface area contributed by atoms with Crippen LogP contribution in [0, 0.1) is 0 Å². The van der Waals surface area contributed by atoms with Crippen LogP contribution in [0.25, 0.3) is 11.2 Å². The van der Waals surface area contributed by atoms with Gasteiger partial charge in [-0.3, -0.25) is 14.8 Å². The number of aliphatic hydroxyl groups is 1.